The number of ether oxygens (including phenoxy) is 1. The molecule has 0 atom stereocenters. The van der Waals surface area contributed by atoms with Gasteiger partial charge in [0.25, 0.3) is 5.91 Å². The highest BCUT2D eigenvalue weighted by Crippen LogP contribution is 2.25. The molecule has 0 spiro atoms. The van der Waals surface area contributed by atoms with Crippen LogP contribution in [0.4, 0.5) is 8.78 Å². The summed E-state index contributed by atoms with van der Waals surface area (Å²) in [6.45, 7) is 0.410. The van der Waals surface area contributed by atoms with Gasteiger partial charge in [-0.15, -0.1) is 0 Å². The Labute approximate surface area is 172 Å². The first-order valence-corrected chi connectivity index (χ1v) is 9.31. The Balaban J connectivity index is 1.91. The number of hydrogen-bond acceptors (Lipinski definition) is 4. The SMILES string of the molecule is CCNC(=NCc1cc(Cl)ccc1OC(F)F)NCCNC(=O)c1cccnc1. The van der Waals surface area contributed by atoms with Gasteiger partial charge in [-0.2, -0.15) is 8.78 Å². The average molecular weight is 426 g/mol. The van der Waals surface area contributed by atoms with Crippen LogP contribution in [0.3, 0.4) is 0 Å². The first-order valence-electron chi connectivity index (χ1n) is 8.93. The van der Waals surface area contributed by atoms with Gasteiger partial charge in [0, 0.05) is 42.6 Å². The number of halogens is 3. The molecule has 0 fully saturated rings. The highest BCUT2D eigenvalue weighted by Gasteiger charge is 2.10. The van der Waals surface area contributed by atoms with Crippen molar-refractivity contribution in [3.63, 3.8) is 0 Å². The molecular weight excluding hydrogens is 404 g/mol. The molecule has 1 heterocycles. The van der Waals surface area contributed by atoms with Crippen LogP contribution >= 0.6 is 11.6 Å². The maximum absolute atomic E-state index is 12.6. The lowest BCUT2D eigenvalue weighted by atomic mass is 10.2. The highest BCUT2D eigenvalue weighted by atomic mass is 35.5. The quantitative estimate of drug-likeness (QED) is 0.326. The number of nitrogens with zero attached hydrogens (tertiary/aromatic N) is 2. The van der Waals surface area contributed by atoms with Crippen LogP contribution < -0.4 is 20.7 Å². The van der Waals surface area contributed by atoms with Crippen molar-refractivity contribution < 1.29 is 18.3 Å². The van der Waals surface area contributed by atoms with Crippen molar-refractivity contribution in [2.45, 2.75) is 20.1 Å². The Morgan fingerprint density at radius 3 is 2.72 bits per heavy atom. The fourth-order valence-corrected chi connectivity index (χ4v) is 2.54. The van der Waals surface area contributed by atoms with Gasteiger partial charge in [0.2, 0.25) is 0 Å². The van der Waals surface area contributed by atoms with Gasteiger partial charge >= 0.3 is 6.61 Å². The predicted molar refractivity (Wildman–Crippen MR) is 107 cm³/mol. The number of rotatable bonds is 9. The Morgan fingerprint density at radius 2 is 2.03 bits per heavy atom. The predicted octanol–water partition coefficient (Wildman–Crippen LogP) is 2.82. The summed E-state index contributed by atoms with van der Waals surface area (Å²) in [4.78, 5) is 20.2. The zero-order valence-electron chi connectivity index (χ0n) is 15.8. The standard InChI is InChI=1S/C19H22ClF2N5O2/c1-2-24-19(26-9-8-25-17(28)13-4-3-7-23-11-13)27-12-14-10-15(20)5-6-16(14)29-18(21)22/h3-7,10-11,18H,2,8-9,12H2,1H3,(H,25,28)(H2,24,26,27). The van der Waals surface area contributed by atoms with Gasteiger partial charge in [-0.1, -0.05) is 11.6 Å². The first-order chi connectivity index (χ1) is 14.0. The smallest absolute Gasteiger partial charge is 0.387 e. The Morgan fingerprint density at radius 1 is 1.24 bits per heavy atom. The number of pyridine rings is 1. The summed E-state index contributed by atoms with van der Waals surface area (Å²) in [5, 5.41) is 9.26. The number of nitrogens with one attached hydrogen (secondary N) is 3. The fourth-order valence-electron chi connectivity index (χ4n) is 2.34. The van der Waals surface area contributed by atoms with E-state index in [0.717, 1.165) is 0 Å². The van der Waals surface area contributed by atoms with Crippen LogP contribution in [0.1, 0.15) is 22.8 Å². The van der Waals surface area contributed by atoms with E-state index in [2.05, 4.69) is 30.7 Å². The maximum Gasteiger partial charge on any atom is 0.387 e. The van der Waals surface area contributed by atoms with Crippen molar-refractivity contribution in [1.82, 2.24) is 20.9 Å². The third-order valence-electron chi connectivity index (χ3n) is 3.62. The van der Waals surface area contributed by atoms with Gasteiger partial charge in [-0.3, -0.25) is 9.78 Å². The minimum atomic E-state index is -2.94. The molecule has 0 aliphatic carbocycles. The van der Waals surface area contributed by atoms with Crippen LogP contribution in [0.15, 0.2) is 47.7 Å². The van der Waals surface area contributed by atoms with Crippen molar-refractivity contribution in [2.24, 2.45) is 4.99 Å². The average Bonchev–Trinajstić information content (AvgIpc) is 2.71. The summed E-state index contributed by atoms with van der Waals surface area (Å²) in [6.07, 6.45) is 3.08. The Kier molecular flexibility index (Phi) is 9.10. The van der Waals surface area contributed by atoms with Gasteiger partial charge in [0.1, 0.15) is 5.75 Å². The zero-order valence-corrected chi connectivity index (χ0v) is 16.5. The van der Waals surface area contributed by atoms with Crippen LogP contribution in [0, 0.1) is 0 Å². The third-order valence-corrected chi connectivity index (χ3v) is 3.85. The normalized spacial score (nSPS) is 11.3. The van der Waals surface area contributed by atoms with E-state index in [0.29, 0.717) is 41.7 Å². The van der Waals surface area contributed by atoms with Crippen molar-refractivity contribution in [3.8, 4) is 5.75 Å². The molecule has 29 heavy (non-hydrogen) atoms. The third kappa shape index (κ3) is 7.90. The topological polar surface area (TPSA) is 87.6 Å². The van der Waals surface area contributed by atoms with Crippen LogP contribution in [0.5, 0.6) is 5.75 Å². The number of amides is 1. The number of benzene rings is 1. The molecule has 7 nitrogen and oxygen atoms in total. The second-order valence-electron chi connectivity index (χ2n) is 5.75. The minimum absolute atomic E-state index is 0.0210. The van der Waals surface area contributed by atoms with E-state index in [9.17, 15) is 13.6 Å². The highest BCUT2D eigenvalue weighted by molar-refractivity contribution is 6.30. The molecule has 2 rings (SSSR count). The molecule has 0 bridgehead atoms. The van der Waals surface area contributed by atoms with E-state index in [1.165, 1.54) is 24.4 Å². The number of guanidine groups is 1. The summed E-state index contributed by atoms with van der Waals surface area (Å²) >= 11 is 5.95. The summed E-state index contributed by atoms with van der Waals surface area (Å²) < 4.78 is 29.6. The summed E-state index contributed by atoms with van der Waals surface area (Å²) in [5.41, 5.74) is 0.903. The van der Waals surface area contributed by atoms with E-state index in [-0.39, 0.29) is 18.2 Å². The maximum atomic E-state index is 12.6. The fraction of sp³-hybridized carbons (Fsp3) is 0.316. The van der Waals surface area contributed by atoms with Crippen LogP contribution in [0.2, 0.25) is 5.02 Å². The molecule has 0 aliphatic rings. The molecule has 0 saturated heterocycles. The summed E-state index contributed by atoms with van der Waals surface area (Å²) in [5.74, 6) is 0.258. The van der Waals surface area contributed by atoms with Crippen molar-refractivity contribution >= 4 is 23.5 Å². The molecule has 0 radical (unpaired) electrons. The second-order valence-corrected chi connectivity index (χ2v) is 6.19. The van der Waals surface area contributed by atoms with Crippen molar-refractivity contribution in [2.75, 3.05) is 19.6 Å². The lowest BCUT2D eigenvalue weighted by Crippen LogP contribution is -2.41. The largest absolute Gasteiger partial charge is 0.434 e. The van der Waals surface area contributed by atoms with E-state index in [1.807, 2.05) is 6.92 Å². The van der Waals surface area contributed by atoms with Gasteiger partial charge in [-0.05, 0) is 37.3 Å². The number of carbonyl (C=O) groups is 1. The molecule has 0 unspecified atom stereocenters. The lowest BCUT2D eigenvalue weighted by Gasteiger charge is -2.13. The van der Waals surface area contributed by atoms with Gasteiger partial charge < -0.3 is 20.7 Å². The summed E-state index contributed by atoms with van der Waals surface area (Å²) in [7, 11) is 0. The molecule has 0 aliphatic heterocycles. The molecule has 156 valence electrons. The van der Waals surface area contributed by atoms with Crippen LogP contribution in [0.25, 0.3) is 0 Å². The van der Waals surface area contributed by atoms with Crippen LogP contribution in [-0.2, 0) is 6.54 Å². The van der Waals surface area contributed by atoms with E-state index < -0.39 is 6.61 Å². The van der Waals surface area contributed by atoms with Crippen molar-refractivity contribution in [3.05, 3.63) is 58.9 Å². The van der Waals surface area contributed by atoms with E-state index in [4.69, 9.17) is 11.6 Å². The van der Waals surface area contributed by atoms with Crippen LogP contribution in [-0.4, -0.2) is 43.1 Å². The number of aromatic nitrogens is 1. The second kappa shape index (κ2) is 11.8. The minimum Gasteiger partial charge on any atom is -0.434 e. The molecule has 0 saturated carbocycles. The number of carbonyl (C=O) groups excluding carboxylic acids is 1. The molecule has 1 aromatic carbocycles. The van der Waals surface area contributed by atoms with Gasteiger partial charge in [0.05, 0.1) is 12.1 Å². The van der Waals surface area contributed by atoms with E-state index >= 15 is 0 Å². The van der Waals surface area contributed by atoms with Gasteiger partial charge in [-0.25, -0.2) is 4.99 Å². The first kappa shape index (κ1) is 22.4. The molecule has 1 amide bonds. The number of aliphatic imine (C=N–C) groups is 1. The Bertz CT molecular complexity index is 822. The number of hydrogen-bond donors (Lipinski definition) is 3. The van der Waals surface area contributed by atoms with Crippen molar-refractivity contribution in [1.29, 1.82) is 0 Å². The molecular formula is C19H22ClF2N5O2. The Hall–Kier alpha value is -2.94. The zero-order chi connectivity index (χ0) is 21.1. The van der Waals surface area contributed by atoms with E-state index in [1.54, 1.807) is 18.3 Å². The monoisotopic (exact) mass is 425 g/mol. The molecule has 1 aromatic heterocycles. The molecule has 10 heteroatoms. The summed E-state index contributed by atoms with van der Waals surface area (Å²) in [6, 6.07) is 7.74. The number of alkyl halides is 2. The molecule has 3 N–H and O–H groups in total. The lowest BCUT2D eigenvalue weighted by molar-refractivity contribution is -0.0504. The molecule has 2 aromatic rings. The van der Waals surface area contributed by atoms with Gasteiger partial charge in [0.15, 0.2) is 5.96 Å².